The number of carbonyl (C=O) groups excluding carboxylic acids is 2. The summed E-state index contributed by atoms with van der Waals surface area (Å²) in [4.78, 5) is 31.0. The summed E-state index contributed by atoms with van der Waals surface area (Å²) in [5.74, 6) is 1.94. The first-order valence-corrected chi connectivity index (χ1v) is 11.6. The van der Waals surface area contributed by atoms with Crippen molar-refractivity contribution < 1.29 is 9.59 Å². The molecule has 166 valence electrons. The van der Waals surface area contributed by atoms with E-state index in [2.05, 4.69) is 33.5 Å². The highest BCUT2D eigenvalue weighted by Crippen LogP contribution is 2.36. The molecule has 3 aliphatic heterocycles. The van der Waals surface area contributed by atoms with E-state index in [-0.39, 0.29) is 11.8 Å². The van der Waals surface area contributed by atoms with E-state index in [0.29, 0.717) is 17.2 Å². The molecule has 1 aromatic rings. The van der Waals surface area contributed by atoms with Gasteiger partial charge in [-0.05, 0) is 49.9 Å². The number of rotatable bonds is 5. The molecule has 0 N–H and O–H groups in total. The molecule has 8 heteroatoms. The third-order valence-electron chi connectivity index (χ3n) is 7.51. The first-order chi connectivity index (χ1) is 14.4. The zero-order valence-electron chi connectivity index (χ0n) is 18.8. The maximum absolute atomic E-state index is 13.2. The van der Waals surface area contributed by atoms with Gasteiger partial charge in [0.1, 0.15) is 0 Å². The second kappa shape index (κ2) is 8.55. The minimum atomic E-state index is 0.0184. The molecule has 1 atom stereocenters. The number of carbonyl (C=O) groups is 2. The van der Waals surface area contributed by atoms with Gasteiger partial charge in [-0.15, -0.1) is 10.2 Å². The Morgan fingerprint density at radius 2 is 1.73 bits per heavy atom. The summed E-state index contributed by atoms with van der Waals surface area (Å²) in [6.07, 6.45) is 6.33. The number of hydrogen-bond acceptors (Lipinski definition) is 5. The largest absolute Gasteiger partial charge is 0.343 e. The summed E-state index contributed by atoms with van der Waals surface area (Å²) >= 11 is 0. The second-order valence-electron chi connectivity index (χ2n) is 9.72. The van der Waals surface area contributed by atoms with Crippen LogP contribution in [0.1, 0.15) is 69.9 Å². The van der Waals surface area contributed by atoms with E-state index in [0.717, 1.165) is 90.3 Å². The molecule has 1 unspecified atom stereocenters. The molecule has 30 heavy (non-hydrogen) atoms. The molecule has 0 bridgehead atoms. The molecule has 0 spiro atoms. The van der Waals surface area contributed by atoms with E-state index < -0.39 is 0 Å². The highest BCUT2D eigenvalue weighted by Gasteiger charge is 2.36. The van der Waals surface area contributed by atoms with E-state index in [1.165, 1.54) is 0 Å². The Kier molecular flexibility index (Phi) is 6.02. The van der Waals surface area contributed by atoms with Crippen molar-refractivity contribution in [3.8, 4) is 0 Å². The SMILES string of the molecule is CCC1(C)CCN(c2nnc(C(=O)N3CCCC3)n2CC2CCN(C(C)=O)CC2)C1. The molecule has 4 rings (SSSR count). The number of anilines is 1. The van der Waals surface area contributed by atoms with E-state index >= 15 is 0 Å². The van der Waals surface area contributed by atoms with Crippen molar-refractivity contribution >= 4 is 17.8 Å². The molecule has 2 amide bonds. The Balaban J connectivity index is 1.56. The molecule has 0 saturated carbocycles. The van der Waals surface area contributed by atoms with Crippen molar-refractivity contribution in [1.82, 2.24) is 24.6 Å². The molecule has 0 aromatic carbocycles. The van der Waals surface area contributed by atoms with Crippen LogP contribution in [0.25, 0.3) is 0 Å². The fraction of sp³-hybridized carbons (Fsp3) is 0.818. The Morgan fingerprint density at radius 3 is 2.33 bits per heavy atom. The predicted molar refractivity (Wildman–Crippen MR) is 115 cm³/mol. The number of piperidine rings is 1. The van der Waals surface area contributed by atoms with Crippen LogP contribution in [0.15, 0.2) is 0 Å². The molecular formula is C22H36N6O2. The van der Waals surface area contributed by atoms with Gasteiger partial charge in [-0.1, -0.05) is 13.8 Å². The van der Waals surface area contributed by atoms with Gasteiger partial charge in [-0.2, -0.15) is 0 Å². The zero-order valence-corrected chi connectivity index (χ0v) is 18.8. The molecule has 1 aromatic heterocycles. The van der Waals surface area contributed by atoms with Crippen molar-refractivity contribution in [3.63, 3.8) is 0 Å². The van der Waals surface area contributed by atoms with Crippen LogP contribution in [0.3, 0.4) is 0 Å². The van der Waals surface area contributed by atoms with Gasteiger partial charge in [-0.25, -0.2) is 0 Å². The minimum Gasteiger partial charge on any atom is -0.343 e. The molecule has 4 heterocycles. The maximum Gasteiger partial charge on any atom is 0.291 e. The monoisotopic (exact) mass is 416 g/mol. The first-order valence-electron chi connectivity index (χ1n) is 11.6. The Labute approximate surface area is 179 Å². The van der Waals surface area contributed by atoms with Gasteiger partial charge < -0.3 is 14.7 Å². The Morgan fingerprint density at radius 1 is 1.03 bits per heavy atom. The van der Waals surface area contributed by atoms with Crippen molar-refractivity contribution in [2.24, 2.45) is 11.3 Å². The van der Waals surface area contributed by atoms with E-state index in [9.17, 15) is 9.59 Å². The molecule has 3 fully saturated rings. The number of nitrogens with zero attached hydrogens (tertiary/aromatic N) is 6. The second-order valence-corrected chi connectivity index (χ2v) is 9.72. The van der Waals surface area contributed by atoms with Gasteiger partial charge in [0.05, 0.1) is 0 Å². The Hall–Kier alpha value is -2.12. The molecule has 0 radical (unpaired) electrons. The summed E-state index contributed by atoms with van der Waals surface area (Å²) < 4.78 is 2.09. The minimum absolute atomic E-state index is 0.0184. The van der Waals surface area contributed by atoms with Crippen molar-refractivity contribution in [3.05, 3.63) is 5.82 Å². The lowest BCUT2D eigenvalue weighted by Crippen LogP contribution is -2.39. The standard InChI is InChI=1S/C22H36N6O2/c1-4-22(3)9-14-27(16-22)21-24-23-19(20(30)26-10-5-6-11-26)28(21)15-18-7-12-25(13-8-18)17(2)29/h18H,4-16H2,1-3H3. The van der Waals surface area contributed by atoms with E-state index in [4.69, 9.17) is 0 Å². The van der Waals surface area contributed by atoms with Crippen LogP contribution in [0.4, 0.5) is 5.95 Å². The number of hydrogen-bond donors (Lipinski definition) is 0. The molecule has 3 aliphatic rings. The Bertz CT molecular complexity index is 779. The molecular weight excluding hydrogens is 380 g/mol. The lowest BCUT2D eigenvalue weighted by Gasteiger charge is -2.32. The van der Waals surface area contributed by atoms with Gasteiger partial charge in [0.2, 0.25) is 17.7 Å². The van der Waals surface area contributed by atoms with Gasteiger partial charge in [-0.3, -0.25) is 14.2 Å². The number of likely N-dealkylation sites (tertiary alicyclic amines) is 2. The fourth-order valence-corrected chi connectivity index (χ4v) is 5.09. The number of aromatic nitrogens is 3. The fourth-order valence-electron chi connectivity index (χ4n) is 5.09. The smallest absolute Gasteiger partial charge is 0.291 e. The van der Waals surface area contributed by atoms with Crippen LogP contribution in [0, 0.1) is 11.3 Å². The first kappa shape index (κ1) is 21.1. The van der Waals surface area contributed by atoms with Gasteiger partial charge in [0.25, 0.3) is 5.91 Å². The summed E-state index contributed by atoms with van der Waals surface area (Å²) in [5, 5.41) is 8.93. The van der Waals surface area contributed by atoms with E-state index in [1.807, 2.05) is 9.80 Å². The van der Waals surface area contributed by atoms with Crippen LogP contribution < -0.4 is 4.90 Å². The summed E-state index contributed by atoms with van der Waals surface area (Å²) in [6.45, 7) is 12.1. The maximum atomic E-state index is 13.2. The van der Waals surface area contributed by atoms with Crippen molar-refractivity contribution in [1.29, 1.82) is 0 Å². The van der Waals surface area contributed by atoms with Crippen molar-refractivity contribution in [2.45, 2.75) is 65.8 Å². The lowest BCUT2D eigenvalue weighted by molar-refractivity contribution is -0.130. The normalized spacial score (nSPS) is 25.4. The topological polar surface area (TPSA) is 74.6 Å². The molecule has 8 nitrogen and oxygen atoms in total. The summed E-state index contributed by atoms with van der Waals surface area (Å²) in [6, 6.07) is 0. The van der Waals surface area contributed by atoms with Crippen LogP contribution in [-0.2, 0) is 11.3 Å². The van der Waals surface area contributed by atoms with E-state index in [1.54, 1.807) is 6.92 Å². The average Bonchev–Trinajstić information content (AvgIpc) is 3.48. The molecule has 3 saturated heterocycles. The number of amides is 2. The van der Waals surface area contributed by atoms with Crippen LogP contribution in [0.2, 0.25) is 0 Å². The third kappa shape index (κ3) is 4.18. The van der Waals surface area contributed by atoms with Crippen LogP contribution >= 0.6 is 0 Å². The zero-order chi connectivity index (χ0) is 21.3. The summed E-state index contributed by atoms with van der Waals surface area (Å²) in [5.41, 5.74) is 0.294. The third-order valence-corrected chi connectivity index (χ3v) is 7.51. The predicted octanol–water partition coefficient (Wildman–Crippen LogP) is 2.40. The van der Waals surface area contributed by atoms with Crippen LogP contribution in [-0.4, -0.2) is 75.6 Å². The summed E-state index contributed by atoms with van der Waals surface area (Å²) in [7, 11) is 0. The van der Waals surface area contributed by atoms with Gasteiger partial charge in [0.15, 0.2) is 0 Å². The molecule has 0 aliphatic carbocycles. The highest BCUT2D eigenvalue weighted by molar-refractivity contribution is 5.91. The van der Waals surface area contributed by atoms with Gasteiger partial charge in [0, 0.05) is 52.7 Å². The van der Waals surface area contributed by atoms with Crippen molar-refractivity contribution in [2.75, 3.05) is 44.2 Å². The lowest BCUT2D eigenvalue weighted by atomic mass is 9.87. The highest BCUT2D eigenvalue weighted by atomic mass is 16.2. The average molecular weight is 417 g/mol. The quantitative estimate of drug-likeness (QED) is 0.737. The van der Waals surface area contributed by atoms with Gasteiger partial charge >= 0.3 is 0 Å². The van der Waals surface area contributed by atoms with Crippen LogP contribution in [0.5, 0.6) is 0 Å².